The highest BCUT2D eigenvalue weighted by Gasteiger charge is 2.18. The minimum absolute atomic E-state index is 0.348. The number of nitrogens with two attached hydrogens (primary N) is 1. The molecule has 1 atom stereocenters. The Bertz CT molecular complexity index is 1230. The number of anilines is 1. The van der Waals surface area contributed by atoms with Crippen LogP contribution in [0.4, 0.5) is 5.69 Å². The molecule has 2 aromatic carbocycles. The monoisotopic (exact) mass is 403 g/mol. The minimum Gasteiger partial charge on any atom is -0.369 e. The van der Waals surface area contributed by atoms with Crippen molar-refractivity contribution in [1.29, 1.82) is 0 Å². The summed E-state index contributed by atoms with van der Waals surface area (Å²) >= 11 is 0. The van der Waals surface area contributed by atoms with Crippen LogP contribution >= 0.6 is 0 Å². The van der Waals surface area contributed by atoms with E-state index in [9.17, 15) is 4.79 Å². The van der Waals surface area contributed by atoms with Gasteiger partial charge < -0.3 is 20.5 Å². The lowest BCUT2D eigenvalue weighted by atomic mass is 9.98. The molecule has 1 aliphatic rings. The Balaban J connectivity index is 1.52. The maximum absolute atomic E-state index is 11.6. The number of nitrogens with one attached hydrogen (secondary N) is 2. The second-order valence-electron chi connectivity index (χ2n) is 8.08. The number of fused-ring (bicyclic) bond motifs is 2. The summed E-state index contributed by atoms with van der Waals surface area (Å²) in [4.78, 5) is 24.5. The van der Waals surface area contributed by atoms with Gasteiger partial charge in [-0.1, -0.05) is 6.07 Å². The van der Waals surface area contributed by atoms with Crippen LogP contribution in [0.5, 0.6) is 0 Å². The van der Waals surface area contributed by atoms with Crippen LogP contribution in [0, 0.1) is 0 Å². The number of rotatable bonds is 4. The standard InChI is InChI=1S/C22H25N7O/c1-13(21(23)30)14-3-5-17-16(11-14)20(27-26-17)22-24-18-6-4-15(12-19(18)25-22)29-9-7-28(2)8-10-29/h3-6,11-13H,7-10H2,1-2H3,(H2,23,30)(H,24,25)(H,26,27). The summed E-state index contributed by atoms with van der Waals surface area (Å²) in [5, 5.41) is 8.45. The summed E-state index contributed by atoms with van der Waals surface area (Å²) in [5.41, 5.74) is 11.1. The fraction of sp³-hybridized carbons (Fsp3) is 0.318. The lowest BCUT2D eigenvalue weighted by Crippen LogP contribution is -2.44. The molecule has 3 heterocycles. The highest BCUT2D eigenvalue weighted by Crippen LogP contribution is 2.30. The van der Waals surface area contributed by atoms with Gasteiger partial charge in [-0.3, -0.25) is 9.89 Å². The Hall–Kier alpha value is -3.39. The summed E-state index contributed by atoms with van der Waals surface area (Å²) in [5.74, 6) is -0.00538. The van der Waals surface area contributed by atoms with Crippen LogP contribution in [0.1, 0.15) is 18.4 Å². The Morgan fingerprint density at radius 2 is 1.90 bits per heavy atom. The van der Waals surface area contributed by atoms with Gasteiger partial charge in [-0.15, -0.1) is 0 Å². The molecular weight excluding hydrogens is 378 g/mol. The van der Waals surface area contributed by atoms with E-state index in [2.05, 4.69) is 50.2 Å². The number of imidazole rings is 1. The number of carbonyl (C=O) groups is 1. The van der Waals surface area contributed by atoms with E-state index in [0.29, 0.717) is 5.82 Å². The maximum Gasteiger partial charge on any atom is 0.224 e. The second kappa shape index (κ2) is 7.14. The Kier molecular flexibility index (Phi) is 4.43. The molecule has 1 unspecified atom stereocenters. The zero-order valence-electron chi connectivity index (χ0n) is 17.1. The first kappa shape index (κ1) is 18.6. The van der Waals surface area contributed by atoms with E-state index in [1.54, 1.807) is 0 Å². The average Bonchev–Trinajstić information content (AvgIpc) is 3.36. The topological polar surface area (TPSA) is 107 Å². The largest absolute Gasteiger partial charge is 0.369 e. The van der Waals surface area contributed by atoms with E-state index in [4.69, 9.17) is 10.7 Å². The highest BCUT2D eigenvalue weighted by molar-refractivity contribution is 5.94. The van der Waals surface area contributed by atoms with E-state index < -0.39 is 0 Å². The molecule has 0 aliphatic carbocycles. The molecule has 1 aliphatic heterocycles. The summed E-state index contributed by atoms with van der Waals surface area (Å²) in [7, 11) is 2.16. The smallest absolute Gasteiger partial charge is 0.224 e. The number of nitrogens with zero attached hydrogens (tertiary/aromatic N) is 4. The van der Waals surface area contributed by atoms with Gasteiger partial charge in [0.25, 0.3) is 0 Å². The third-order valence-electron chi connectivity index (χ3n) is 6.07. The van der Waals surface area contributed by atoms with Crippen molar-refractivity contribution in [3.05, 3.63) is 42.0 Å². The molecule has 2 aromatic heterocycles. The van der Waals surface area contributed by atoms with E-state index in [-0.39, 0.29) is 11.8 Å². The minimum atomic E-state index is -0.362. The normalized spacial score (nSPS) is 16.4. The fourth-order valence-corrected chi connectivity index (χ4v) is 4.02. The maximum atomic E-state index is 11.6. The van der Waals surface area contributed by atoms with Gasteiger partial charge in [0.1, 0.15) is 5.69 Å². The number of benzene rings is 2. The van der Waals surface area contributed by atoms with Crippen molar-refractivity contribution in [2.75, 3.05) is 38.1 Å². The molecule has 154 valence electrons. The van der Waals surface area contributed by atoms with Crippen molar-refractivity contribution >= 4 is 33.5 Å². The average molecular weight is 403 g/mol. The van der Waals surface area contributed by atoms with Gasteiger partial charge >= 0.3 is 0 Å². The van der Waals surface area contributed by atoms with Crippen LogP contribution in [0.3, 0.4) is 0 Å². The molecule has 4 N–H and O–H groups in total. The third kappa shape index (κ3) is 3.19. The zero-order valence-corrected chi connectivity index (χ0v) is 17.1. The lowest BCUT2D eigenvalue weighted by Gasteiger charge is -2.34. The molecular formula is C22H25N7O. The van der Waals surface area contributed by atoms with Crippen molar-refractivity contribution in [3.8, 4) is 11.5 Å². The first-order chi connectivity index (χ1) is 14.5. The van der Waals surface area contributed by atoms with Crippen LogP contribution in [0.2, 0.25) is 0 Å². The van der Waals surface area contributed by atoms with Gasteiger partial charge in [0, 0.05) is 37.3 Å². The van der Waals surface area contributed by atoms with E-state index in [1.807, 2.05) is 25.1 Å². The molecule has 0 spiro atoms. The second-order valence-corrected chi connectivity index (χ2v) is 8.08. The summed E-state index contributed by atoms with van der Waals surface area (Å²) in [6, 6.07) is 12.1. The van der Waals surface area contributed by atoms with Crippen molar-refractivity contribution in [1.82, 2.24) is 25.1 Å². The Labute approximate surface area is 174 Å². The molecule has 0 radical (unpaired) electrons. The van der Waals surface area contributed by atoms with Crippen LogP contribution in [0.25, 0.3) is 33.5 Å². The molecule has 5 rings (SSSR count). The number of aromatic nitrogens is 4. The predicted molar refractivity (Wildman–Crippen MR) is 119 cm³/mol. The Morgan fingerprint density at radius 1 is 1.10 bits per heavy atom. The lowest BCUT2D eigenvalue weighted by molar-refractivity contribution is -0.119. The van der Waals surface area contributed by atoms with E-state index >= 15 is 0 Å². The molecule has 8 nitrogen and oxygen atoms in total. The molecule has 30 heavy (non-hydrogen) atoms. The van der Waals surface area contributed by atoms with Gasteiger partial charge in [-0.05, 0) is 49.9 Å². The summed E-state index contributed by atoms with van der Waals surface area (Å²) in [6.45, 7) is 5.99. The van der Waals surface area contributed by atoms with Crippen molar-refractivity contribution < 1.29 is 4.79 Å². The van der Waals surface area contributed by atoms with E-state index in [1.165, 1.54) is 5.69 Å². The van der Waals surface area contributed by atoms with Gasteiger partial charge in [-0.2, -0.15) is 5.10 Å². The molecule has 0 bridgehead atoms. The number of hydrogen-bond donors (Lipinski definition) is 3. The van der Waals surface area contributed by atoms with Gasteiger partial charge in [0.05, 0.1) is 22.5 Å². The number of carbonyl (C=O) groups excluding carboxylic acids is 1. The molecule has 1 saturated heterocycles. The number of H-pyrrole nitrogens is 2. The zero-order chi connectivity index (χ0) is 20.8. The first-order valence-corrected chi connectivity index (χ1v) is 10.2. The molecule has 4 aromatic rings. The number of amides is 1. The van der Waals surface area contributed by atoms with Gasteiger partial charge in [-0.25, -0.2) is 4.98 Å². The molecule has 1 amide bonds. The number of hydrogen-bond acceptors (Lipinski definition) is 5. The van der Waals surface area contributed by atoms with E-state index in [0.717, 1.165) is 59.4 Å². The number of likely N-dealkylation sites (N-methyl/N-ethyl adjacent to an activating group) is 1. The molecule has 1 fully saturated rings. The first-order valence-electron chi connectivity index (χ1n) is 10.2. The van der Waals surface area contributed by atoms with Crippen molar-refractivity contribution in [2.45, 2.75) is 12.8 Å². The predicted octanol–water partition coefficient (Wildman–Crippen LogP) is 2.45. The fourth-order valence-electron chi connectivity index (χ4n) is 4.02. The SMILES string of the molecule is CC(C(N)=O)c1ccc2[nH]nc(-c3nc4ccc(N5CCN(C)CC5)cc4[nH]3)c2c1. The van der Waals surface area contributed by atoms with Crippen LogP contribution in [0.15, 0.2) is 36.4 Å². The van der Waals surface area contributed by atoms with Crippen LogP contribution < -0.4 is 10.6 Å². The number of primary amides is 1. The van der Waals surface area contributed by atoms with Crippen LogP contribution in [-0.2, 0) is 4.79 Å². The summed E-state index contributed by atoms with van der Waals surface area (Å²) in [6.07, 6.45) is 0. The summed E-state index contributed by atoms with van der Waals surface area (Å²) < 4.78 is 0. The third-order valence-corrected chi connectivity index (χ3v) is 6.07. The quantitative estimate of drug-likeness (QED) is 0.485. The highest BCUT2D eigenvalue weighted by atomic mass is 16.1. The number of aromatic amines is 2. The van der Waals surface area contributed by atoms with Gasteiger partial charge in [0.15, 0.2) is 5.82 Å². The molecule has 0 saturated carbocycles. The van der Waals surface area contributed by atoms with Crippen LogP contribution in [-0.4, -0.2) is 64.2 Å². The number of piperazine rings is 1. The Morgan fingerprint density at radius 3 is 2.67 bits per heavy atom. The van der Waals surface area contributed by atoms with Crippen molar-refractivity contribution in [3.63, 3.8) is 0 Å². The molecule has 8 heteroatoms. The van der Waals surface area contributed by atoms with Crippen molar-refractivity contribution in [2.24, 2.45) is 5.73 Å². The van der Waals surface area contributed by atoms with Gasteiger partial charge in [0.2, 0.25) is 5.91 Å².